The molecule has 0 aliphatic heterocycles. The molecule has 0 aliphatic rings. The highest BCUT2D eigenvalue weighted by atomic mass is 16.5. The van der Waals surface area contributed by atoms with Gasteiger partial charge in [-0.05, 0) is 43.2 Å². The number of ether oxygens (including phenoxy) is 2. The van der Waals surface area contributed by atoms with Gasteiger partial charge in [0.05, 0.1) is 25.6 Å². The number of methoxy groups -OCH3 is 2. The van der Waals surface area contributed by atoms with Gasteiger partial charge in [-0.15, -0.1) is 5.10 Å². The molecule has 0 fully saturated rings. The lowest BCUT2D eigenvalue weighted by molar-refractivity contribution is 0.101. The largest absolute Gasteiger partial charge is 0.497 e. The van der Waals surface area contributed by atoms with E-state index in [9.17, 15) is 4.79 Å². The van der Waals surface area contributed by atoms with Crippen molar-refractivity contribution in [2.75, 3.05) is 19.5 Å². The van der Waals surface area contributed by atoms with Gasteiger partial charge in [0.1, 0.15) is 11.5 Å². The van der Waals surface area contributed by atoms with Gasteiger partial charge in [0.15, 0.2) is 5.82 Å². The third-order valence-electron chi connectivity index (χ3n) is 5.09. The summed E-state index contributed by atoms with van der Waals surface area (Å²) in [5.41, 5.74) is 4.32. The SMILES string of the molecule is COc1ccc(OC)c(NC(=O)c2nc(-c3ccccc3)n(-c3cc(C)ccc3C)n2)c1. The van der Waals surface area contributed by atoms with E-state index in [0.717, 1.165) is 22.4 Å². The van der Waals surface area contributed by atoms with E-state index in [4.69, 9.17) is 9.47 Å². The molecule has 0 unspecified atom stereocenters. The lowest BCUT2D eigenvalue weighted by Crippen LogP contribution is -2.15. The topological polar surface area (TPSA) is 78.3 Å². The lowest BCUT2D eigenvalue weighted by Gasteiger charge is -2.10. The Balaban J connectivity index is 1.78. The number of nitrogens with zero attached hydrogens (tertiary/aromatic N) is 3. The minimum atomic E-state index is -0.446. The van der Waals surface area contributed by atoms with Gasteiger partial charge in [0.2, 0.25) is 5.82 Å². The summed E-state index contributed by atoms with van der Waals surface area (Å²) >= 11 is 0. The van der Waals surface area contributed by atoms with Gasteiger partial charge < -0.3 is 14.8 Å². The standard InChI is InChI=1S/C25H24N4O3/c1-16-10-11-17(2)21(14-16)29-24(18-8-6-5-7-9-18)27-23(28-29)25(30)26-20-15-19(31-3)12-13-22(20)32-4/h5-15H,1-4H3,(H,26,30). The second-order valence-corrected chi connectivity index (χ2v) is 7.35. The van der Waals surface area contributed by atoms with Crippen molar-refractivity contribution in [1.82, 2.24) is 14.8 Å². The monoisotopic (exact) mass is 428 g/mol. The molecule has 162 valence electrons. The van der Waals surface area contributed by atoms with E-state index >= 15 is 0 Å². The van der Waals surface area contributed by atoms with Crippen LogP contribution in [-0.2, 0) is 0 Å². The Morgan fingerprint density at radius 3 is 2.44 bits per heavy atom. The fourth-order valence-corrected chi connectivity index (χ4v) is 3.39. The lowest BCUT2D eigenvalue weighted by atomic mass is 10.1. The van der Waals surface area contributed by atoms with Gasteiger partial charge in [-0.3, -0.25) is 4.79 Å². The molecule has 0 radical (unpaired) electrons. The molecule has 0 saturated heterocycles. The number of hydrogen-bond donors (Lipinski definition) is 1. The molecule has 4 aromatic rings. The van der Waals surface area contributed by atoms with Gasteiger partial charge in [-0.2, -0.15) is 0 Å². The number of anilines is 1. The molecule has 1 heterocycles. The van der Waals surface area contributed by atoms with Crippen LogP contribution in [0.4, 0.5) is 5.69 Å². The Labute approximate surface area is 186 Å². The van der Waals surface area contributed by atoms with E-state index in [0.29, 0.717) is 23.0 Å². The molecule has 0 bridgehead atoms. The average Bonchev–Trinajstić information content (AvgIpc) is 3.26. The molecule has 1 amide bonds. The highest BCUT2D eigenvalue weighted by Crippen LogP contribution is 2.30. The van der Waals surface area contributed by atoms with Gasteiger partial charge in [-0.25, -0.2) is 9.67 Å². The molecule has 3 aromatic carbocycles. The molecule has 0 spiro atoms. The van der Waals surface area contributed by atoms with Gasteiger partial charge in [0.25, 0.3) is 5.91 Å². The minimum Gasteiger partial charge on any atom is -0.497 e. The van der Waals surface area contributed by atoms with E-state index in [1.54, 1.807) is 37.1 Å². The quantitative estimate of drug-likeness (QED) is 0.476. The first-order chi connectivity index (χ1) is 15.5. The molecule has 32 heavy (non-hydrogen) atoms. The maximum absolute atomic E-state index is 13.1. The maximum atomic E-state index is 13.1. The van der Waals surface area contributed by atoms with Crippen molar-refractivity contribution in [3.05, 3.63) is 83.7 Å². The van der Waals surface area contributed by atoms with Crippen LogP contribution in [-0.4, -0.2) is 34.9 Å². The molecule has 0 atom stereocenters. The van der Waals surface area contributed by atoms with Crippen LogP contribution in [0.2, 0.25) is 0 Å². The highest BCUT2D eigenvalue weighted by molar-refractivity contribution is 6.02. The molecule has 7 heteroatoms. The second kappa shape index (κ2) is 8.93. The van der Waals surface area contributed by atoms with Crippen molar-refractivity contribution < 1.29 is 14.3 Å². The number of carbonyl (C=O) groups is 1. The van der Waals surface area contributed by atoms with Crippen LogP contribution in [0.3, 0.4) is 0 Å². The van der Waals surface area contributed by atoms with Crippen molar-refractivity contribution in [3.63, 3.8) is 0 Å². The van der Waals surface area contributed by atoms with Gasteiger partial charge in [-0.1, -0.05) is 42.5 Å². The molecule has 7 nitrogen and oxygen atoms in total. The smallest absolute Gasteiger partial charge is 0.295 e. The number of benzene rings is 3. The Morgan fingerprint density at radius 2 is 1.72 bits per heavy atom. The summed E-state index contributed by atoms with van der Waals surface area (Å²) in [6.07, 6.45) is 0. The van der Waals surface area contributed by atoms with Crippen LogP contribution < -0.4 is 14.8 Å². The fraction of sp³-hybridized carbons (Fsp3) is 0.160. The van der Waals surface area contributed by atoms with Crippen molar-refractivity contribution in [2.45, 2.75) is 13.8 Å². The third kappa shape index (κ3) is 4.18. The number of rotatable bonds is 6. The first-order valence-corrected chi connectivity index (χ1v) is 10.1. The Bertz CT molecular complexity index is 1270. The van der Waals surface area contributed by atoms with Crippen LogP contribution in [0.5, 0.6) is 11.5 Å². The number of aromatic nitrogens is 3. The zero-order chi connectivity index (χ0) is 22.7. The molecular formula is C25H24N4O3. The predicted octanol–water partition coefficient (Wildman–Crippen LogP) is 4.82. The van der Waals surface area contributed by atoms with Crippen molar-refractivity contribution >= 4 is 11.6 Å². The average molecular weight is 428 g/mol. The highest BCUT2D eigenvalue weighted by Gasteiger charge is 2.21. The van der Waals surface area contributed by atoms with E-state index < -0.39 is 5.91 Å². The van der Waals surface area contributed by atoms with Crippen molar-refractivity contribution in [1.29, 1.82) is 0 Å². The molecule has 0 saturated carbocycles. The summed E-state index contributed by atoms with van der Waals surface area (Å²) in [4.78, 5) is 17.7. The zero-order valence-electron chi connectivity index (χ0n) is 18.4. The van der Waals surface area contributed by atoms with Gasteiger partial charge in [0, 0.05) is 11.6 Å². The number of hydrogen-bond acceptors (Lipinski definition) is 5. The molecule has 1 aromatic heterocycles. The number of aryl methyl sites for hydroxylation is 2. The van der Waals surface area contributed by atoms with Crippen molar-refractivity contribution in [2.24, 2.45) is 0 Å². The van der Waals surface area contributed by atoms with Crippen LogP contribution in [0, 0.1) is 13.8 Å². The van der Waals surface area contributed by atoms with Crippen LogP contribution in [0.1, 0.15) is 21.7 Å². The molecule has 1 N–H and O–H groups in total. The Hall–Kier alpha value is -4.13. The number of nitrogens with one attached hydrogen (secondary N) is 1. The van der Waals surface area contributed by atoms with E-state index in [-0.39, 0.29) is 5.82 Å². The number of carbonyl (C=O) groups excluding carboxylic acids is 1. The number of amides is 1. The first kappa shape index (κ1) is 21.1. The van der Waals surface area contributed by atoms with Crippen LogP contribution >= 0.6 is 0 Å². The summed E-state index contributed by atoms with van der Waals surface area (Å²) in [5.74, 6) is 1.30. The first-order valence-electron chi connectivity index (χ1n) is 10.1. The van der Waals surface area contributed by atoms with Crippen molar-refractivity contribution in [3.8, 4) is 28.6 Å². The third-order valence-corrected chi connectivity index (χ3v) is 5.09. The zero-order valence-corrected chi connectivity index (χ0v) is 18.4. The molecule has 0 aliphatic carbocycles. The molecular weight excluding hydrogens is 404 g/mol. The Kier molecular flexibility index (Phi) is 5.89. The molecule has 4 rings (SSSR count). The summed E-state index contributed by atoms with van der Waals surface area (Å²) in [6.45, 7) is 4.02. The van der Waals surface area contributed by atoms with Gasteiger partial charge >= 0.3 is 0 Å². The maximum Gasteiger partial charge on any atom is 0.295 e. The predicted molar refractivity (Wildman–Crippen MR) is 124 cm³/mol. The van der Waals surface area contributed by atoms with Crippen LogP contribution in [0.15, 0.2) is 66.7 Å². The van der Waals surface area contributed by atoms with E-state index in [1.807, 2.05) is 62.4 Å². The second-order valence-electron chi connectivity index (χ2n) is 7.35. The minimum absolute atomic E-state index is 0.0506. The van der Waals surface area contributed by atoms with E-state index in [1.165, 1.54) is 0 Å². The summed E-state index contributed by atoms with van der Waals surface area (Å²) < 4.78 is 12.3. The Morgan fingerprint density at radius 1 is 0.938 bits per heavy atom. The summed E-state index contributed by atoms with van der Waals surface area (Å²) in [6, 6.07) is 21.0. The fourth-order valence-electron chi connectivity index (χ4n) is 3.39. The summed E-state index contributed by atoms with van der Waals surface area (Å²) in [7, 11) is 3.10. The van der Waals surface area contributed by atoms with Crippen LogP contribution in [0.25, 0.3) is 17.1 Å². The summed E-state index contributed by atoms with van der Waals surface area (Å²) in [5, 5.41) is 7.41. The van der Waals surface area contributed by atoms with E-state index in [2.05, 4.69) is 15.4 Å². The normalized spacial score (nSPS) is 10.6.